The maximum atomic E-state index is 10.0. The smallest absolute Gasteiger partial charge is 0.351 e. The highest BCUT2D eigenvalue weighted by Gasteiger charge is 2.38. The lowest BCUT2D eigenvalue weighted by Crippen LogP contribution is -2.81. The van der Waals surface area contributed by atoms with Crippen LogP contribution in [0.5, 0.6) is 0 Å². The molecule has 0 radical (unpaired) electrons. The molecule has 0 amide bonds. The van der Waals surface area contributed by atoms with Crippen LogP contribution < -0.4 is 10.4 Å². The van der Waals surface area contributed by atoms with Crippen LogP contribution in [0.25, 0.3) is 11.0 Å². The average molecular weight is 404 g/mol. The molecule has 10 heteroatoms. The number of carbonyl (C=O) groups is 2. The average Bonchev–Trinajstić information content (AvgIpc) is 3.62. The molecule has 0 spiro atoms. The number of para-hydroxylation sites is 2. The zero-order valence-corrected chi connectivity index (χ0v) is 15.8. The van der Waals surface area contributed by atoms with E-state index in [1.54, 1.807) is 0 Å². The van der Waals surface area contributed by atoms with Crippen LogP contribution in [0.15, 0.2) is 29.4 Å². The van der Waals surface area contributed by atoms with Gasteiger partial charge in [-0.15, -0.1) is 0 Å². The molecule has 156 valence electrons. The summed E-state index contributed by atoms with van der Waals surface area (Å²) in [5.74, 6) is -1.92. The van der Waals surface area contributed by atoms with Gasteiger partial charge in [0.15, 0.2) is 5.97 Å². The number of benzene rings is 1. The second-order valence-corrected chi connectivity index (χ2v) is 7.19. The van der Waals surface area contributed by atoms with Gasteiger partial charge in [0.2, 0.25) is 0 Å². The summed E-state index contributed by atoms with van der Waals surface area (Å²) < 4.78 is 0. The minimum absolute atomic E-state index is 0.236. The van der Waals surface area contributed by atoms with Crippen molar-refractivity contribution in [1.29, 1.82) is 0 Å². The Labute approximate surface area is 166 Å². The van der Waals surface area contributed by atoms with Crippen LogP contribution in [0.3, 0.4) is 0 Å². The Balaban J connectivity index is 0.000000353. The lowest BCUT2D eigenvalue weighted by molar-refractivity contribution is -0.586. The van der Waals surface area contributed by atoms with Crippen molar-refractivity contribution in [1.82, 2.24) is 9.97 Å². The Hall–Kier alpha value is -2.98. The van der Waals surface area contributed by atoms with Crippen molar-refractivity contribution in [3.63, 3.8) is 0 Å². The first-order valence-electron chi connectivity index (χ1n) is 9.54. The fourth-order valence-corrected chi connectivity index (χ4v) is 2.82. The number of nitrogens with zero attached hydrogens (tertiary/aromatic N) is 2. The number of aliphatic hydroxyl groups excluding tert-OH is 1. The Morgan fingerprint density at radius 2 is 1.90 bits per heavy atom. The molecule has 0 unspecified atom stereocenters. The standard InChI is InChI=1S/C17H22N4O2.C2H2O4/c22-13(10-23-21-16(11-5-6-11)12-7-8-12)9-18-17-19-14-3-1-2-4-15(14)20-17;3-1(4)2(5)6/h1-4,11-13,22H,5-10H2,(H2,18,19,20);(H,3,4)(H,5,6)/t13-;/m1./s1. The van der Waals surface area contributed by atoms with Gasteiger partial charge in [0, 0.05) is 11.8 Å². The molecule has 2 aliphatic carbocycles. The molecule has 2 aromatic rings. The SMILES string of the molecule is O=C([O-])C(=O)O.O[C@H](C[NH2+]c1nc2ccccc2[nH]1)CON=C(C1CC1)C1CC1. The first-order chi connectivity index (χ1) is 13.9. The summed E-state index contributed by atoms with van der Waals surface area (Å²) in [6.07, 6.45) is 4.44. The number of fused-ring (bicyclic) bond motifs is 1. The number of hydrogen-bond acceptors (Lipinski definition) is 7. The number of nitrogens with two attached hydrogens (primary N) is 1. The number of aromatic nitrogens is 2. The molecule has 10 nitrogen and oxygen atoms in total. The van der Waals surface area contributed by atoms with Gasteiger partial charge in [-0.3, -0.25) is 10.3 Å². The lowest BCUT2D eigenvalue weighted by Gasteiger charge is -2.08. The molecular weight excluding hydrogens is 380 g/mol. The van der Waals surface area contributed by atoms with E-state index >= 15 is 0 Å². The fraction of sp³-hybridized carbons (Fsp3) is 0.474. The molecule has 4 rings (SSSR count). The van der Waals surface area contributed by atoms with Crippen molar-refractivity contribution in [2.45, 2.75) is 31.8 Å². The number of H-pyrrole nitrogens is 1. The Bertz CT molecular complexity index is 829. The highest BCUT2D eigenvalue weighted by atomic mass is 16.6. The molecule has 5 N–H and O–H groups in total. The van der Waals surface area contributed by atoms with Crippen LogP contribution in [0.2, 0.25) is 0 Å². The number of hydrogen-bond donors (Lipinski definition) is 4. The zero-order chi connectivity index (χ0) is 20.8. The number of carboxylic acids is 2. The normalized spacial score (nSPS) is 16.4. The summed E-state index contributed by atoms with van der Waals surface area (Å²) in [6, 6.07) is 7.90. The number of aliphatic hydroxyl groups is 1. The maximum Gasteiger partial charge on any atom is 0.351 e. The number of imidazole rings is 1. The maximum absolute atomic E-state index is 10.0. The quantitative estimate of drug-likeness (QED) is 0.252. The van der Waals surface area contributed by atoms with Crippen molar-refractivity contribution in [3.05, 3.63) is 24.3 Å². The van der Waals surface area contributed by atoms with Crippen molar-refractivity contribution in [2.24, 2.45) is 17.0 Å². The fourth-order valence-electron chi connectivity index (χ4n) is 2.82. The van der Waals surface area contributed by atoms with E-state index in [9.17, 15) is 5.11 Å². The van der Waals surface area contributed by atoms with Crippen molar-refractivity contribution >= 4 is 34.6 Å². The Kier molecular flexibility index (Phi) is 6.78. The number of carboxylic acid groups (broad SMARTS) is 2. The third-order valence-corrected chi connectivity index (χ3v) is 4.59. The van der Waals surface area contributed by atoms with E-state index in [1.165, 1.54) is 31.4 Å². The monoisotopic (exact) mass is 404 g/mol. The van der Waals surface area contributed by atoms with E-state index in [0.29, 0.717) is 18.4 Å². The number of aromatic amines is 1. The first kappa shape index (κ1) is 20.7. The molecule has 2 fully saturated rings. The molecule has 29 heavy (non-hydrogen) atoms. The molecule has 0 bridgehead atoms. The largest absolute Gasteiger partial charge is 0.539 e. The molecule has 1 atom stereocenters. The number of oxime groups is 1. The molecule has 1 aromatic carbocycles. The predicted octanol–water partition coefficient (Wildman–Crippen LogP) is -0.868. The van der Waals surface area contributed by atoms with Gasteiger partial charge >= 0.3 is 11.9 Å². The van der Waals surface area contributed by atoms with Gasteiger partial charge in [0.1, 0.15) is 19.3 Å². The third kappa shape index (κ3) is 6.54. The van der Waals surface area contributed by atoms with Crippen LogP contribution in [0.1, 0.15) is 25.7 Å². The van der Waals surface area contributed by atoms with Crippen LogP contribution in [-0.4, -0.2) is 57.1 Å². The molecule has 0 saturated heterocycles. The topological polar surface area (TPSA) is 165 Å². The minimum atomic E-state index is -2.07. The Morgan fingerprint density at radius 1 is 1.28 bits per heavy atom. The van der Waals surface area contributed by atoms with Gasteiger partial charge in [-0.05, 0) is 37.8 Å². The summed E-state index contributed by atoms with van der Waals surface area (Å²) in [4.78, 5) is 31.1. The molecule has 2 saturated carbocycles. The minimum Gasteiger partial charge on any atom is -0.539 e. The molecule has 0 aliphatic heterocycles. The third-order valence-electron chi connectivity index (χ3n) is 4.59. The van der Waals surface area contributed by atoms with Crippen molar-refractivity contribution in [3.8, 4) is 0 Å². The zero-order valence-electron chi connectivity index (χ0n) is 15.8. The van der Waals surface area contributed by atoms with E-state index in [2.05, 4.69) is 15.1 Å². The Morgan fingerprint density at radius 3 is 2.45 bits per heavy atom. The number of aliphatic carboxylic acids is 2. The molecular formula is C19H24N4O6. The van der Waals surface area contributed by atoms with Gasteiger partial charge in [0.25, 0.3) is 0 Å². The second kappa shape index (κ2) is 9.48. The van der Waals surface area contributed by atoms with Crippen LogP contribution in [0, 0.1) is 11.8 Å². The number of rotatable bonds is 8. The van der Waals surface area contributed by atoms with Crippen LogP contribution in [-0.2, 0) is 14.4 Å². The van der Waals surface area contributed by atoms with Gasteiger partial charge in [-0.25, -0.2) is 4.79 Å². The van der Waals surface area contributed by atoms with Gasteiger partial charge in [0.05, 0.1) is 16.7 Å². The number of nitrogens with one attached hydrogen (secondary N) is 1. The predicted molar refractivity (Wildman–Crippen MR) is 100 cm³/mol. The summed E-state index contributed by atoms with van der Waals surface area (Å²) in [7, 11) is 0. The number of quaternary nitrogens is 1. The lowest BCUT2D eigenvalue weighted by atomic mass is 10.2. The van der Waals surface area contributed by atoms with Crippen LogP contribution >= 0.6 is 0 Å². The van der Waals surface area contributed by atoms with Crippen molar-refractivity contribution in [2.75, 3.05) is 13.2 Å². The molecule has 1 heterocycles. The highest BCUT2D eigenvalue weighted by molar-refractivity contribution is 6.26. The second-order valence-electron chi connectivity index (χ2n) is 7.19. The van der Waals surface area contributed by atoms with Gasteiger partial charge in [-0.2, -0.15) is 4.98 Å². The highest BCUT2D eigenvalue weighted by Crippen LogP contribution is 2.42. The molecule has 1 aromatic heterocycles. The number of carbonyl (C=O) groups excluding carboxylic acids is 1. The first-order valence-corrected chi connectivity index (χ1v) is 9.54. The van der Waals surface area contributed by atoms with Crippen LogP contribution in [0.4, 0.5) is 5.95 Å². The van der Waals surface area contributed by atoms with Gasteiger partial charge < -0.3 is 25.0 Å². The summed E-state index contributed by atoms with van der Waals surface area (Å²) in [5.41, 5.74) is 3.18. The summed E-state index contributed by atoms with van der Waals surface area (Å²) >= 11 is 0. The van der Waals surface area contributed by atoms with E-state index < -0.39 is 18.0 Å². The summed E-state index contributed by atoms with van der Waals surface area (Å²) in [6.45, 7) is 0.733. The summed E-state index contributed by atoms with van der Waals surface area (Å²) in [5, 5.41) is 32.6. The van der Waals surface area contributed by atoms with E-state index in [0.717, 1.165) is 17.0 Å². The molecule has 2 aliphatic rings. The van der Waals surface area contributed by atoms with E-state index in [-0.39, 0.29) is 6.61 Å². The van der Waals surface area contributed by atoms with Crippen molar-refractivity contribution < 1.29 is 35.1 Å². The van der Waals surface area contributed by atoms with E-state index in [1.807, 2.05) is 29.6 Å². The van der Waals surface area contributed by atoms with Gasteiger partial charge in [-0.1, -0.05) is 17.3 Å². The van der Waals surface area contributed by atoms with E-state index in [4.69, 9.17) is 24.6 Å².